The Hall–Kier alpha value is 0.177. The van der Waals surface area contributed by atoms with E-state index in [9.17, 15) is 0 Å². The van der Waals surface area contributed by atoms with E-state index in [4.69, 9.17) is 0 Å². The minimum atomic E-state index is -1.14. The molecule has 1 aliphatic rings. The lowest BCUT2D eigenvalue weighted by molar-refractivity contribution is 0.378. The fourth-order valence-electron chi connectivity index (χ4n) is 2.85. The molecule has 0 spiro atoms. The predicted molar refractivity (Wildman–Crippen MR) is 62.4 cm³/mol. The lowest BCUT2D eigenvalue weighted by atomic mass is 9.94. The Balaban J connectivity index is 2.73. The summed E-state index contributed by atoms with van der Waals surface area (Å²) in [4.78, 5) is 3.59. The maximum absolute atomic E-state index is 3.59. The molecule has 13 heavy (non-hydrogen) atoms. The molecule has 1 fully saturated rings. The Bertz CT molecular complexity index is 179. The molecule has 0 radical (unpaired) electrons. The Morgan fingerprint density at radius 2 is 1.62 bits per heavy atom. The van der Waals surface area contributed by atoms with E-state index in [1.807, 2.05) is 0 Å². The van der Waals surface area contributed by atoms with Gasteiger partial charge in [0.15, 0.2) is 0 Å². The summed E-state index contributed by atoms with van der Waals surface area (Å²) in [5.41, 5.74) is 0.975. The van der Waals surface area contributed by atoms with E-state index in [0.717, 1.165) is 23.3 Å². The zero-order valence-electron chi connectivity index (χ0n) is 10.0. The average molecular weight is 199 g/mol. The van der Waals surface area contributed by atoms with Crippen LogP contribution >= 0.6 is 0 Å². The highest BCUT2D eigenvalue weighted by Gasteiger charge is 2.43. The highest BCUT2D eigenvalue weighted by molar-refractivity contribution is 6.76. The van der Waals surface area contributed by atoms with Crippen molar-refractivity contribution in [2.24, 2.45) is 17.8 Å². The molecule has 1 N–H and O–H groups in total. The summed E-state index contributed by atoms with van der Waals surface area (Å²) in [6.07, 6.45) is 1.45. The molecule has 0 heterocycles. The van der Waals surface area contributed by atoms with Gasteiger partial charge in [0.05, 0.1) is 0 Å². The molecule has 1 rings (SSSR count). The zero-order chi connectivity index (χ0) is 10.2. The molecule has 2 unspecified atom stereocenters. The molecular weight excluding hydrogens is 174 g/mol. The van der Waals surface area contributed by atoms with Crippen LogP contribution in [0.2, 0.25) is 18.6 Å². The maximum atomic E-state index is 3.59. The Kier molecular flexibility index (Phi) is 3.23. The highest BCUT2D eigenvalue weighted by Crippen LogP contribution is 2.48. The van der Waals surface area contributed by atoms with Crippen LogP contribution in [-0.2, 0) is 0 Å². The second-order valence-corrected chi connectivity index (χ2v) is 10.2. The quantitative estimate of drug-likeness (QED) is 0.674. The normalized spacial score (nSPS) is 41.1. The third-order valence-corrected chi connectivity index (χ3v) is 8.46. The zero-order valence-corrected chi connectivity index (χ0v) is 11.0. The molecule has 0 aromatic heterocycles. The molecule has 0 aliphatic heterocycles. The van der Waals surface area contributed by atoms with E-state index >= 15 is 0 Å². The van der Waals surface area contributed by atoms with Crippen molar-refractivity contribution in [1.82, 2.24) is 4.98 Å². The van der Waals surface area contributed by atoms with E-state index in [1.165, 1.54) is 6.42 Å². The van der Waals surface area contributed by atoms with E-state index < -0.39 is 8.24 Å². The van der Waals surface area contributed by atoms with Gasteiger partial charge in [-0.2, -0.15) is 0 Å². The van der Waals surface area contributed by atoms with Crippen molar-refractivity contribution < 1.29 is 0 Å². The Labute approximate surface area is 84.4 Å². The second kappa shape index (κ2) is 3.74. The number of rotatable bonds is 2. The van der Waals surface area contributed by atoms with Crippen molar-refractivity contribution in [3.8, 4) is 0 Å². The van der Waals surface area contributed by atoms with Gasteiger partial charge in [-0.25, -0.2) is 0 Å². The molecule has 0 saturated heterocycles. The first-order valence-electron chi connectivity index (χ1n) is 5.59. The van der Waals surface area contributed by atoms with Crippen LogP contribution in [0.1, 0.15) is 27.2 Å². The molecule has 78 valence electrons. The van der Waals surface area contributed by atoms with Gasteiger partial charge in [-0.15, -0.1) is 0 Å². The molecule has 0 aromatic carbocycles. The minimum absolute atomic E-state index is 0.920. The van der Waals surface area contributed by atoms with Gasteiger partial charge in [0.1, 0.15) is 8.24 Å². The minimum Gasteiger partial charge on any atom is -0.340 e. The summed E-state index contributed by atoms with van der Waals surface area (Å²) < 4.78 is 0. The lowest BCUT2D eigenvalue weighted by Crippen LogP contribution is -2.47. The third-order valence-electron chi connectivity index (χ3n) is 4.56. The van der Waals surface area contributed by atoms with Crippen molar-refractivity contribution in [1.29, 1.82) is 0 Å². The van der Waals surface area contributed by atoms with Gasteiger partial charge in [0.2, 0.25) is 0 Å². The SMILES string of the molecule is CN[Si](C)(C)[C@H]1CC(C)[C@@H](C)C1C. The van der Waals surface area contributed by atoms with E-state index in [-0.39, 0.29) is 0 Å². The van der Waals surface area contributed by atoms with Gasteiger partial charge >= 0.3 is 0 Å². The van der Waals surface area contributed by atoms with Crippen LogP contribution in [0.25, 0.3) is 0 Å². The largest absolute Gasteiger partial charge is 0.340 e. The van der Waals surface area contributed by atoms with Gasteiger partial charge in [0, 0.05) is 0 Å². The molecule has 1 saturated carbocycles. The number of hydrogen-bond donors (Lipinski definition) is 1. The first-order valence-corrected chi connectivity index (χ1v) is 8.66. The van der Waals surface area contributed by atoms with Crippen molar-refractivity contribution in [3.63, 3.8) is 0 Å². The van der Waals surface area contributed by atoms with Crippen molar-refractivity contribution in [2.75, 3.05) is 7.05 Å². The smallest absolute Gasteiger partial charge is 0.122 e. The van der Waals surface area contributed by atoms with Gasteiger partial charge in [-0.3, -0.25) is 0 Å². The van der Waals surface area contributed by atoms with E-state index in [1.54, 1.807) is 0 Å². The molecule has 0 amide bonds. The van der Waals surface area contributed by atoms with Gasteiger partial charge in [-0.05, 0) is 36.8 Å². The first-order chi connectivity index (χ1) is 5.90. The van der Waals surface area contributed by atoms with Gasteiger partial charge < -0.3 is 4.98 Å². The predicted octanol–water partition coefficient (Wildman–Crippen LogP) is 3.09. The fraction of sp³-hybridized carbons (Fsp3) is 1.00. The first kappa shape index (κ1) is 11.3. The number of nitrogens with one attached hydrogen (secondary N) is 1. The van der Waals surface area contributed by atoms with E-state index in [2.05, 4.69) is 45.9 Å². The molecule has 1 nitrogen and oxygen atoms in total. The summed E-state index contributed by atoms with van der Waals surface area (Å²) in [5.74, 6) is 2.77. The van der Waals surface area contributed by atoms with Gasteiger partial charge in [-0.1, -0.05) is 33.9 Å². The van der Waals surface area contributed by atoms with Gasteiger partial charge in [0.25, 0.3) is 0 Å². The summed E-state index contributed by atoms with van der Waals surface area (Å²) in [7, 11) is 1.00. The maximum Gasteiger partial charge on any atom is 0.122 e. The molecule has 0 aromatic rings. The van der Waals surface area contributed by atoms with Crippen LogP contribution in [0.15, 0.2) is 0 Å². The molecular formula is C11H25NSi. The summed E-state index contributed by atoms with van der Waals surface area (Å²) >= 11 is 0. The highest BCUT2D eigenvalue weighted by atomic mass is 28.3. The molecule has 4 atom stereocenters. The van der Waals surface area contributed by atoms with Crippen molar-refractivity contribution in [2.45, 2.75) is 45.8 Å². The molecule has 2 heteroatoms. The Morgan fingerprint density at radius 3 is 1.92 bits per heavy atom. The fourth-order valence-corrected chi connectivity index (χ4v) is 5.80. The van der Waals surface area contributed by atoms with E-state index in [0.29, 0.717) is 0 Å². The summed E-state index contributed by atoms with van der Waals surface area (Å²) in [6.45, 7) is 12.2. The van der Waals surface area contributed by atoms with Crippen LogP contribution in [0.5, 0.6) is 0 Å². The van der Waals surface area contributed by atoms with Crippen LogP contribution < -0.4 is 4.98 Å². The number of hydrogen-bond acceptors (Lipinski definition) is 1. The van der Waals surface area contributed by atoms with Crippen LogP contribution in [0, 0.1) is 17.8 Å². The third kappa shape index (κ3) is 1.99. The average Bonchev–Trinajstić information content (AvgIpc) is 2.33. The van der Waals surface area contributed by atoms with Crippen molar-refractivity contribution >= 4 is 8.24 Å². The molecule has 1 aliphatic carbocycles. The van der Waals surface area contributed by atoms with Crippen LogP contribution in [0.4, 0.5) is 0 Å². The summed E-state index contributed by atoms with van der Waals surface area (Å²) in [5, 5.41) is 0. The van der Waals surface area contributed by atoms with Crippen LogP contribution in [0.3, 0.4) is 0 Å². The molecule has 0 bridgehead atoms. The van der Waals surface area contributed by atoms with Crippen molar-refractivity contribution in [3.05, 3.63) is 0 Å². The Morgan fingerprint density at radius 1 is 1.08 bits per heavy atom. The monoisotopic (exact) mass is 199 g/mol. The lowest BCUT2D eigenvalue weighted by Gasteiger charge is -2.32. The standard InChI is InChI=1S/C11H25NSi/c1-8-7-11(10(3)9(8)2)13(5,6)12-4/h8-12H,7H2,1-6H3/t8?,9-,10?,11+/m1/s1. The van der Waals surface area contributed by atoms with Crippen LogP contribution in [-0.4, -0.2) is 15.3 Å². The second-order valence-electron chi connectivity index (χ2n) is 5.51. The summed E-state index contributed by atoms with van der Waals surface area (Å²) in [6, 6.07) is 0. The topological polar surface area (TPSA) is 12.0 Å².